The maximum Gasteiger partial charge on any atom is 0.228 e. The Bertz CT molecular complexity index is 623. The highest BCUT2D eigenvalue weighted by molar-refractivity contribution is 6.31. The molecule has 0 aliphatic carbocycles. The van der Waals surface area contributed by atoms with Crippen molar-refractivity contribution in [1.29, 1.82) is 0 Å². The van der Waals surface area contributed by atoms with Gasteiger partial charge in [0.15, 0.2) is 0 Å². The monoisotopic (exact) mass is 334 g/mol. The van der Waals surface area contributed by atoms with Gasteiger partial charge in [-0.05, 0) is 43.4 Å². The second-order valence-electron chi connectivity index (χ2n) is 6.85. The Morgan fingerprint density at radius 1 is 1.26 bits per heavy atom. The third-order valence-electron chi connectivity index (χ3n) is 5.04. The van der Waals surface area contributed by atoms with Crippen molar-refractivity contribution in [2.24, 2.45) is 11.8 Å². The van der Waals surface area contributed by atoms with Crippen molar-refractivity contribution in [2.45, 2.75) is 33.1 Å². The van der Waals surface area contributed by atoms with E-state index in [-0.39, 0.29) is 17.7 Å². The Morgan fingerprint density at radius 2 is 1.96 bits per heavy atom. The summed E-state index contributed by atoms with van der Waals surface area (Å²) in [6.45, 7) is 6.26. The average molecular weight is 335 g/mol. The molecule has 1 aromatic rings. The van der Waals surface area contributed by atoms with E-state index in [2.05, 4.69) is 6.92 Å². The van der Waals surface area contributed by atoms with E-state index in [1.807, 2.05) is 30.0 Å². The smallest absolute Gasteiger partial charge is 0.228 e. The van der Waals surface area contributed by atoms with Gasteiger partial charge in [0.25, 0.3) is 0 Å². The summed E-state index contributed by atoms with van der Waals surface area (Å²) in [6, 6.07) is 5.62. The van der Waals surface area contributed by atoms with Gasteiger partial charge in [-0.3, -0.25) is 9.59 Å². The first-order valence-electron chi connectivity index (χ1n) is 8.31. The van der Waals surface area contributed by atoms with Gasteiger partial charge in [-0.2, -0.15) is 0 Å². The van der Waals surface area contributed by atoms with E-state index in [9.17, 15) is 9.59 Å². The van der Waals surface area contributed by atoms with Crippen molar-refractivity contribution >= 4 is 29.1 Å². The number of hydrogen-bond acceptors (Lipinski definition) is 2. The summed E-state index contributed by atoms with van der Waals surface area (Å²) in [7, 11) is 0. The Labute approximate surface area is 142 Å². The molecule has 2 aliphatic rings. The number of anilines is 1. The first kappa shape index (κ1) is 16.3. The maximum atomic E-state index is 12.7. The van der Waals surface area contributed by atoms with Gasteiger partial charge in [-0.15, -0.1) is 0 Å². The Kier molecular flexibility index (Phi) is 4.62. The molecule has 1 unspecified atom stereocenters. The molecule has 0 spiro atoms. The molecule has 124 valence electrons. The molecule has 2 fully saturated rings. The molecule has 0 N–H and O–H groups in total. The van der Waals surface area contributed by atoms with Crippen LogP contribution in [0.3, 0.4) is 0 Å². The number of nitrogens with zero attached hydrogens (tertiary/aromatic N) is 2. The minimum atomic E-state index is -0.226. The molecule has 3 rings (SSSR count). The Morgan fingerprint density at radius 3 is 2.61 bits per heavy atom. The number of halogens is 1. The molecule has 0 saturated carbocycles. The third-order valence-corrected chi connectivity index (χ3v) is 5.44. The van der Waals surface area contributed by atoms with Crippen LogP contribution in [0.2, 0.25) is 5.02 Å². The number of carbonyl (C=O) groups excluding carboxylic acids is 2. The number of piperidine rings is 1. The zero-order valence-corrected chi connectivity index (χ0v) is 14.5. The van der Waals surface area contributed by atoms with E-state index >= 15 is 0 Å². The molecule has 5 heteroatoms. The first-order chi connectivity index (χ1) is 11.0. The number of aryl methyl sites for hydroxylation is 1. The van der Waals surface area contributed by atoms with Crippen LogP contribution in [-0.2, 0) is 9.59 Å². The summed E-state index contributed by atoms with van der Waals surface area (Å²) >= 11 is 6.16. The number of benzene rings is 1. The van der Waals surface area contributed by atoms with Crippen LogP contribution in [0.15, 0.2) is 18.2 Å². The van der Waals surface area contributed by atoms with E-state index in [1.165, 1.54) is 0 Å². The van der Waals surface area contributed by atoms with E-state index < -0.39 is 0 Å². The molecular formula is C18H23ClN2O2. The van der Waals surface area contributed by atoms with Crippen molar-refractivity contribution in [3.05, 3.63) is 28.8 Å². The fourth-order valence-corrected chi connectivity index (χ4v) is 3.53. The number of likely N-dealkylation sites (tertiary alicyclic amines) is 1. The average Bonchev–Trinajstić information content (AvgIpc) is 2.92. The van der Waals surface area contributed by atoms with E-state index in [0.717, 1.165) is 37.2 Å². The summed E-state index contributed by atoms with van der Waals surface area (Å²) in [4.78, 5) is 28.6. The lowest BCUT2D eigenvalue weighted by Gasteiger charge is -2.32. The largest absolute Gasteiger partial charge is 0.342 e. The van der Waals surface area contributed by atoms with Crippen molar-refractivity contribution in [3.63, 3.8) is 0 Å². The summed E-state index contributed by atoms with van der Waals surface area (Å²) < 4.78 is 0. The SMILES string of the molecule is Cc1ccc(N2CC(C(=O)N3CCC(C)CC3)CC2=O)cc1Cl. The standard InChI is InChI=1S/C18H23ClN2O2/c1-12-5-7-20(8-6-12)18(23)14-9-17(22)21(11-14)15-4-3-13(2)16(19)10-15/h3-4,10,12,14H,5-9,11H2,1-2H3. The number of carbonyl (C=O) groups is 2. The normalized spacial score (nSPS) is 22.7. The summed E-state index contributed by atoms with van der Waals surface area (Å²) in [5.74, 6) is 0.603. The lowest BCUT2D eigenvalue weighted by Crippen LogP contribution is -2.42. The molecular weight excluding hydrogens is 312 g/mol. The topological polar surface area (TPSA) is 40.6 Å². The van der Waals surface area contributed by atoms with Crippen LogP contribution in [-0.4, -0.2) is 36.3 Å². The fourth-order valence-electron chi connectivity index (χ4n) is 3.36. The minimum absolute atomic E-state index is 0.00801. The van der Waals surface area contributed by atoms with Crippen LogP contribution in [0.4, 0.5) is 5.69 Å². The molecule has 2 saturated heterocycles. The molecule has 4 nitrogen and oxygen atoms in total. The first-order valence-corrected chi connectivity index (χ1v) is 8.69. The number of rotatable bonds is 2. The quantitative estimate of drug-likeness (QED) is 0.833. The lowest BCUT2D eigenvalue weighted by molar-refractivity contribution is -0.137. The second-order valence-corrected chi connectivity index (χ2v) is 7.25. The van der Waals surface area contributed by atoms with Crippen molar-refractivity contribution < 1.29 is 9.59 Å². The highest BCUT2D eigenvalue weighted by atomic mass is 35.5. The lowest BCUT2D eigenvalue weighted by atomic mass is 9.97. The van der Waals surface area contributed by atoms with Crippen molar-refractivity contribution in [1.82, 2.24) is 4.90 Å². The number of amides is 2. The van der Waals surface area contributed by atoms with E-state index in [0.29, 0.717) is 23.9 Å². The molecule has 1 atom stereocenters. The zero-order chi connectivity index (χ0) is 16.6. The van der Waals surface area contributed by atoms with E-state index in [4.69, 9.17) is 11.6 Å². The molecule has 2 amide bonds. The highest BCUT2D eigenvalue weighted by Crippen LogP contribution is 2.30. The minimum Gasteiger partial charge on any atom is -0.342 e. The van der Waals surface area contributed by atoms with Gasteiger partial charge < -0.3 is 9.80 Å². The van der Waals surface area contributed by atoms with Gasteiger partial charge in [-0.1, -0.05) is 24.6 Å². The van der Waals surface area contributed by atoms with Gasteiger partial charge in [-0.25, -0.2) is 0 Å². The molecule has 2 aliphatic heterocycles. The Balaban J connectivity index is 1.69. The van der Waals surface area contributed by atoms with Crippen LogP contribution in [0, 0.1) is 18.8 Å². The highest BCUT2D eigenvalue weighted by Gasteiger charge is 2.37. The second kappa shape index (κ2) is 6.52. The predicted molar refractivity (Wildman–Crippen MR) is 91.6 cm³/mol. The molecule has 1 aromatic carbocycles. The van der Waals surface area contributed by atoms with E-state index in [1.54, 1.807) is 4.90 Å². The van der Waals surface area contributed by atoms with Crippen molar-refractivity contribution in [3.8, 4) is 0 Å². The summed E-state index contributed by atoms with van der Waals surface area (Å²) in [5.41, 5.74) is 1.77. The molecule has 0 radical (unpaired) electrons. The van der Waals surface area contributed by atoms with Gasteiger partial charge in [0, 0.05) is 36.8 Å². The van der Waals surface area contributed by atoms with Crippen molar-refractivity contribution in [2.75, 3.05) is 24.5 Å². The van der Waals surface area contributed by atoms with Crippen LogP contribution in [0.25, 0.3) is 0 Å². The van der Waals surface area contributed by atoms with Gasteiger partial charge in [0.05, 0.1) is 5.92 Å². The van der Waals surface area contributed by atoms with Gasteiger partial charge in [0.2, 0.25) is 11.8 Å². The van der Waals surface area contributed by atoms with Crippen LogP contribution in [0.5, 0.6) is 0 Å². The summed E-state index contributed by atoms with van der Waals surface area (Å²) in [6.07, 6.45) is 2.42. The van der Waals surface area contributed by atoms with Crippen LogP contribution >= 0.6 is 11.6 Å². The summed E-state index contributed by atoms with van der Waals surface area (Å²) in [5, 5.41) is 0.648. The Hall–Kier alpha value is -1.55. The maximum absolute atomic E-state index is 12.7. The fraction of sp³-hybridized carbons (Fsp3) is 0.556. The van der Waals surface area contributed by atoms with Gasteiger partial charge in [0.1, 0.15) is 0 Å². The number of hydrogen-bond donors (Lipinski definition) is 0. The molecule has 2 heterocycles. The van der Waals surface area contributed by atoms with Gasteiger partial charge >= 0.3 is 0 Å². The van der Waals surface area contributed by atoms with Crippen LogP contribution < -0.4 is 4.90 Å². The van der Waals surface area contributed by atoms with Crippen LogP contribution in [0.1, 0.15) is 31.7 Å². The molecule has 23 heavy (non-hydrogen) atoms. The predicted octanol–water partition coefficient (Wildman–Crippen LogP) is 3.26. The third kappa shape index (κ3) is 3.37. The molecule has 0 aromatic heterocycles. The molecule has 0 bridgehead atoms. The zero-order valence-electron chi connectivity index (χ0n) is 13.7.